The van der Waals surface area contributed by atoms with Gasteiger partial charge in [-0.25, -0.2) is 4.39 Å². The Labute approximate surface area is 71.2 Å². The molecule has 1 nitrogen and oxygen atoms in total. The van der Waals surface area contributed by atoms with Gasteiger partial charge in [-0.3, -0.25) is 0 Å². The molecule has 1 aromatic carbocycles. The lowest BCUT2D eigenvalue weighted by molar-refractivity contribution is 0.283. The summed E-state index contributed by atoms with van der Waals surface area (Å²) in [6, 6.07) is 6.05. The van der Waals surface area contributed by atoms with Gasteiger partial charge in [0.2, 0.25) is 0 Å². The van der Waals surface area contributed by atoms with E-state index >= 15 is 0 Å². The average molecular weight is 166 g/mol. The fourth-order valence-corrected chi connectivity index (χ4v) is 1.03. The zero-order valence-electron chi connectivity index (χ0n) is 6.70. The highest BCUT2D eigenvalue weighted by molar-refractivity contribution is 5.23. The van der Waals surface area contributed by atoms with Gasteiger partial charge in [0.25, 0.3) is 0 Å². The second kappa shape index (κ2) is 4.02. The van der Waals surface area contributed by atoms with Crippen LogP contribution in [0.1, 0.15) is 11.5 Å². The van der Waals surface area contributed by atoms with Crippen molar-refractivity contribution in [2.75, 3.05) is 6.61 Å². The number of aliphatic hydroxyl groups is 1. The van der Waals surface area contributed by atoms with Crippen LogP contribution in [-0.4, -0.2) is 11.7 Å². The first kappa shape index (κ1) is 8.94. The summed E-state index contributed by atoms with van der Waals surface area (Å²) in [5, 5.41) is 8.88. The molecule has 0 aliphatic rings. The van der Waals surface area contributed by atoms with Crippen molar-refractivity contribution in [1.29, 1.82) is 0 Å². The fraction of sp³-hybridized carbons (Fsp3) is 0.200. The molecule has 0 saturated heterocycles. The van der Waals surface area contributed by atoms with Crippen LogP contribution in [0.5, 0.6) is 0 Å². The van der Waals surface area contributed by atoms with Crippen molar-refractivity contribution in [3.05, 3.63) is 48.3 Å². The number of halogens is 1. The highest BCUT2D eigenvalue weighted by Gasteiger charge is 2.04. The summed E-state index contributed by atoms with van der Waals surface area (Å²) in [6.45, 7) is 3.59. The summed E-state index contributed by atoms with van der Waals surface area (Å²) in [4.78, 5) is 0. The summed E-state index contributed by atoms with van der Waals surface area (Å²) in [5.41, 5.74) is 0.883. The van der Waals surface area contributed by atoms with Gasteiger partial charge in [-0.05, 0) is 17.7 Å². The van der Waals surface area contributed by atoms with E-state index in [-0.39, 0.29) is 18.3 Å². The van der Waals surface area contributed by atoms with E-state index in [9.17, 15) is 4.39 Å². The minimum atomic E-state index is -0.264. The molecular formula is C10H11FO. The van der Waals surface area contributed by atoms with Crippen LogP contribution in [0.3, 0.4) is 0 Å². The summed E-state index contributed by atoms with van der Waals surface area (Å²) < 4.78 is 12.5. The molecule has 12 heavy (non-hydrogen) atoms. The molecule has 0 unspecified atom stereocenters. The number of rotatable bonds is 3. The highest BCUT2D eigenvalue weighted by atomic mass is 19.1. The summed E-state index contributed by atoms with van der Waals surface area (Å²) in [6.07, 6.45) is 1.65. The van der Waals surface area contributed by atoms with Gasteiger partial charge in [-0.1, -0.05) is 18.2 Å². The Kier molecular flexibility index (Phi) is 3.00. The SMILES string of the molecule is C=C[C@@H](CO)c1ccc(F)cc1. The van der Waals surface area contributed by atoms with Gasteiger partial charge in [0.05, 0.1) is 6.61 Å². The Morgan fingerprint density at radius 1 is 1.42 bits per heavy atom. The van der Waals surface area contributed by atoms with Crippen LogP contribution in [0.4, 0.5) is 4.39 Å². The van der Waals surface area contributed by atoms with Crippen molar-refractivity contribution in [3.8, 4) is 0 Å². The van der Waals surface area contributed by atoms with Gasteiger partial charge in [0.1, 0.15) is 5.82 Å². The molecule has 2 heteroatoms. The maximum Gasteiger partial charge on any atom is 0.123 e. The lowest BCUT2D eigenvalue weighted by Crippen LogP contribution is -1.99. The van der Waals surface area contributed by atoms with Gasteiger partial charge >= 0.3 is 0 Å². The molecule has 64 valence electrons. The highest BCUT2D eigenvalue weighted by Crippen LogP contribution is 2.15. The minimum absolute atomic E-state index is 0.00906. The predicted octanol–water partition coefficient (Wildman–Crippen LogP) is 2.09. The van der Waals surface area contributed by atoms with E-state index in [1.165, 1.54) is 12.1 Å². The number of benzene rings is 1. The molecule has 0 heterocycles. The topological polar surface area (TPSA) is 20.2 Å². The third-order valence-corrected chi connectivity index (χ3v) is 1.78. The number of aliphatic hydroxyl groups excluding tert-OH is 1. The molecule has 0 aromatic heterocycles. The van der Waals surface area contributed by atoms with Crippen molar-refractivity contribution in [3.63, 3.8) is 0 Å². The monoisotopic (exact) mass is 166 g/mol. The van der Waals surface area contributed by atoms with E-state index in [4.69, 9.17) is 5.11 Å². The second-order valence-corrected chi connectivity index (χ2v) is 2.58. The second-order valence-electron chi connectivity index (χ2n) is 2.58. The summed E-state index contributed by atoms with van der Waals surface area (Å²) >= 11 is 0. The standard InChI is InChI=1S/C10H11FO/c1-2-8(7-12)9-3-5-10(11)6-4-9/h2-6,8,12H,1,7H2/t8-/m0/s1. The quantitative estimate of drug-likeness (QED) is 0.681. The summed E-state index contributed by atoms with van der Waals surface area (Å²) in [5.74, 6) is -0.356. The largest absolute Gasteiger partial charge is 0.395 e. The van der Waals surface area contributed by atoms with Gasteiger partial charge in [0, 0.05) is 5.92 Å². The first-order chi connectivity index (χ1) is 5.77. The van der Waals surface area contributed by atoms with Crippen LogP contribution in [0, 0.1) is 5.82 Å². The van der Waals surface area contributed by atoms with E-state index in [2.05, 4.69) is 6.58 Å². The Morgan fingerprint density at radius 2 is 2.00 bits per heavy atom. The molecule has 1 atom stereocenters. The summed E-state index contributed by atoms with van der Waals surface area (Å²) in [7, 11) is 0. The van der Waals surface area contributed by atoms with Crippen LogP contribution < -0.4 is 0 Å². The van der Waals surface area contributed by atoms with Gasteiger partial charge < -0.3 is 5.11 Å². The smallest absolute Gasteiger partial charge is 0.123 e. The molecule has 1 N–H and O–H groups in total. The van der Waals surface area contributed by atoms with Crippen LogP contribution in [0.15, 0.2) is 36.9 Å². The molecule has 1 rings (SSSR count). The molecular weight excluding hydrogens is 155 g/mol. The zero-order chi connectivity index (χ0) is 8.97. The van der Waals surface area contributed by atoms with Gasteiger partial charge in [0.15, 0.2) is 0 Å². The van der Waals surface area contributed by atoms with Crippen LogP contribution in [-0.2, 0) is 0 Å². The van der Waals surface area contributed by atoms with Crippen LogP contribution in [0.2, 0.25) is 0 Å². The minimum Gasteiger partial charge on any atom is -0.395 e. The van der Waals surface area contributed by atoms with Crippen molar-refractivity contribution in [2.45, 2.75) is 5.92 Å². The Morgan fingerprint density at radius 3 is 2.42 bits per heavy atom. The van der Waals surface area contributed by atoms with Crippen molar-refractivity contribution < 1.29 is 9.50 Å². The molecule has 0 saturated carbocycles. The lowest BCUT2D eigenvalue weighted by atomic mass is 10.0. The van der Waals surface area contributed by atoms with Gasteiger partial charge in [-0.2, -0.15) is 0 Å². The average Bonchev–Trinajstić information content (AvgIpc) is 2.10. The zero-order valence-corrected chi connectivity index (χ0v) is 6.70. The lowest BCUT2D eigenvalue weighted by Gasteiger charge is -2.08. The molecule has 0 bridgehead atoms. The third-order valence-electron chi connectivity index (χ3n) is 1.78. The molecule has 0 aliphatic carbocycles. The molecule has 0 radical (unpaired) electrons. The van der Waals surface area contributed by atoms with Crippen molar-refractivity contribution in [2.24, 2.45) is 0 Å². The first-order valence-corrected chi connectivity index (χ1v) is 3.77. The number of hydrogen-bond acceptors (Lipinski definition) is 1. The molecule has 0 aliphatic heterocycles. The first-order valence-electron chi connectivity index (χ1n) is 3.77. The van der Waals surface area contributed by atoms with Crippen LogP contribution in [0.25, 0.3) is 0 Å². The van der Waals surface area contributed by atoms with Crippen LogP contribution >= 0.6 is 0 Å². The maximum absolute atomic E-state index is 12.5. The predicted molar refractivity (Wildman–Crippen MR) is 46.4 cm³/mol. The molecule has 0 amide bonds. The Balaban J connectivity index is 2.87. The van der Waals surface area contributed by atoms with E-state index in [0.29, 0.717) is 0 Å². The normalized spacial score (nSPS) is 12.5. The van der Waals surface area contributed by atoms with E-state index in [1.54, 1.807) is 18.2 Å². The fourth-order valence-electron chi connectivity index (χ4n) is 1.03. The van der Waals surface area contributed by atoms with E-state index in [0.717, 1.165) is 5.56 Å². The molecule has 1 aromatic rings. The van der Waals surface area contributed by atoms with Crippen molar-refractivity contribution >= 4 is 0 Å². The third kappa shape index (κ3) is 1.92. The molecule has 0 spiro atoms. The van der Waals surface area contributed by atoms with E-state index < -0.39 is 0 Å². The Hall–Kier alpha value is -1.15. The molecule has 0 fully saturated rings. The van der Waals surface area contributed by atoms with Crippen molar-refractivity contribution in [1.82, 2.24) is 0 Å². The maximum atomic E-state index is 12.5. The van der Waals surface area contributed by atoms with Gasteiger partial charge in [-0.15, -0.1) is 6.58 Å². The number of hydrogen-bond donors (Lipinski definition) is 1. The van der Waals surface area contributed by atoms with E-state index in [1.807, 2.05) is 0 Å². The Bertz CT molecular complexity index is 253.